The molecule has 1 fully saturated rings. The Labute approximate surface area is 120 Å². The van der Waals surface area contributed by atoms with Gasteiger partial charge in [0.25, 0.3) is 0 Å². The van der Waals surface area contributed by atoms with E-state index in [0.717, 1.165) is 40.5 Å². The highest BCUT2D eigenvalue weighted by atomic mass is 79.9. The lowest BCUT2D eigenvalue weighted by molar-refractivity contribution is 0.585. The second-order valence-corrected chi connectivity index (χ2v) is 6.51. The molecule has 0 atom stereocenters. The second kappa shape index (κ2) is 6.27. The fourth-order valence-corrected chi connectivity index (χ4v) is 3.41. The monoisotopic (exact) mass is 338 g/mol. The summed E-state index contributed by atoms with van der Waals surface area (Å²) in [5.74, 6) is 1.54. The van der Waals surface area contributed by atoms with Crippen molar-refractivity contribution < 1.29 is 4.55 Å². The van der Waals surface area contributed by atoms with Crippen molar-refractivity contribution in [3.05, 3.63) is 21.9 Å². The average Bonchev–Trinajstić information content (AvgIpc) is 2.25. The van der Waals surface area contributed by atoms with Gasteiger partial charge in [0, 0.05) is 5.69 Å². The van der Waals surface area contributed by atoms with Crippen LogP contribution in [0.4, 0.5) is 5.69 Å². The summed E-state index contributed by atoms with van der Waals surface area (Å²) in [6, 6.07) is 2.09. The molecule has 0 saturated carbocycles. The number of aromatic nitrogens is 1. The van der Waals surface area contributed by atoms with E-state index in [1.54, 1.807) is 0 Å². The van der Waals surface area contributed by atoms with E-state index in [0.29, 0.717) is 0 Å². The highest BCUT2D eigenvalue weighted by Gasteiger charge is 2.22. The fraction of sp³-hybridized carbons (Fsp3) is 0.545. The predicted octanol–water partition coefficient (Wildman–Crippen LogP) is 2.45. The number of pyridine rings is 1. The van der Waals surface area contributed by atoms with Crippen molar-refractivity contribution in [3.63, 3.8) is 0 Å². The molecule has 0 spiro atoms. The Bertz CT molecular complexity index is 397. The van der Waals surface area contributed by atoms with Crippen LogP contribution in [0.2, 0.25) is 0 Å². The van der Waals surface area contributed by atoms with Gasteiger partial charge in [-0.2, -0.15) is 0 Å². The highest BCUT2D eigenvalue weighted by molar-refractivity contribution is 9.10. The van der Waals surface area contributed by atoms with Gasteiger partial charge in [0.1, 0.15) is 11.5 Å². The molecule has 17 heavy (non-hydrogen) atoms. The first kappa shape index (κ1) is 15.1. The van der Waals surface area contributed by atoms with Crippen LogP contribution in [0.15, 0.2) is 10.5 Å². The molecule has 1 aromatic heterocycles. The molecule has 0 amide bonds. The van der Waals surface area contributed by atoms with Crippen LogP contribution in [0.25, 0.3) is 0 Å². The number of rotatable bonds is 1. The second-order valence-electron chi connectivity index (χ2n) is 4.02. The van der Waals surface area contributed by atoms with Gasteiger partial charge in [0.2, 0.25) is 0 Å². The van der Waals surface area contributed by atoms with Gasteiger partial charge in [0.05, 0.1) is 28.9 Å². The molecule has 1 aliphatic rings. The maximum Gasteiger partial charge on any atom is 0.123 e. The van der Waals surface area contributed by atoms with Crippen LogP contribution in [0.5, 0.6) is 0 Å². The van der Waals surface area contributed by atoms with Crippen molar-refractivity contribution in [1.29, 1.82) is 0 Å². The fourth-order valence-electron chi connectivity index (χ4n) is 1.90. The molecule has 0 bridgehead atoms. The van der Waals surface area contributed by atoms with E-state index in [-0.39, 0.29) is 12.4 Å². The molecule has 2 rings (SSSR count). The lowest BCUT2D eigenvalue weighted by Crippen LogP contribution is -2.40. The van der Waals surface area contributed by atoms with E-state index in [9.17, 15) is 4.55 Å². The van der Waals surface area contributed by atoms with E-state index in [4.69, 9.17) is 0 Å². The van der Waals surface area contributed by atoms with Crippen LogP contribution in [0.3, 0.4) is 0 Å². The third kappa shape index (κ3) is 3.50. The molecular weight excluding hydrogens is 324 g/mol. The lowest BCUT2D eigenvalue weighted by Gasteiger charge is -2.31. The zero-order valence-corrected chi connectivity index (χ0v) is 13.1. The van der Waals surface area contributed by atoms with E-state index >= 15 is 0 Å². The van der Waals surface area contributed by atoms with Crippen molar-refractivity contribution in [1.82, 2.24) is 4.98 Å². The average molecular weight is 340 g/mol. The van der Waals surface area contributed by atoms with Crippen LogP contribution >= 0.6 is 28.3 Å². The van der Waals surface area contributed by atoms with Crippen LogP contribution in [0, 0.1) is 13.8 Å². The van der Waals surface area contributed by atoms with Gasteiger partial charge in [-0.1, -0.05) is 11.2 Å². The Hall–Kier alpha value is 0.0300. The third-order valence-corrected chi connectivity index (χ3v) is 5.01. The van der Waals surface area contributed by atoms with Crippen LogP contribution in [0.1, 0.15) is 11.4 Å². The third-order valence-electron chi connectivity index (χ3n) is 2.75. The lowest BCUT2D eigenvalue weighted by atomic mass is 10.2. The van der Waals surface area contributed by atoms with Gasteiger partial charge >= 0.3 is 0 Å². The molecule has 3 nitrogen and oxygen atoms in total. The number of anilines is 1. The molecule has 0 aliphatic carbocycles. The first-order chi connectivity index (χ1) is 7.58. The number of nitrogens with zero attached hydrogens (tertiary/aromatic N) is 2. The normalized spacial score (nSPS) is 16.8. The topological polar surface area (TPSA) is 39.2 Å². The molecular formula is C11H16BrClN2OS. The minimum absolute atomic E-state index is 0. The Kier molecular flexibility index (Phi) is 5.57. The maximum atomic E-state index is 11.3. The standard InChI is InChI=1S/C11H15BrN2OS.ClH/c1-8-7-10(11(12)9(2)13-8)14-3-5-16(15)6-4-14;/h7H,3-6H2,1-2H3;1H. The summed E-state index contributed by atoms with van der Waals surface area (Å²) in [6.07, 6.45) is 0. The van der Waals surface area contributed by atoms with E-state index < -0.39 is 11.2 Å². The summed E-state index contributed by atoms with van der Waals surface area (Å²) in [6.45, 7) is 5.75. The summed E-state index contributed by atoms with van der Waals surface area (Å²) in [5, 5.41) is 0. The zero-order chi connectivity index (χ0) is 11.7. The summed E-state index contributed by atoms with van der Waals surface area (Å²) < 4.78 is 12.4. The summed E-state index contributed by atoms with van der Waals surface area (Å²) in [5.41, 5.74) is 3.23. The van der Waals surface area contributed by atoms with Crippen LogP contribution < -0.4 is 4.90 Å². The predicted molar refractivity (Wildman–Crippen MR) is 78.7 cm³/mol. The van der Waals surface area contributed by atoms with E-state index in [1.807, 2.05) is 13.8 Å². The molecule has 2 heterocycles. The molecule has 0 N–H and O–H groups in total. The summed E-state index contributed by atoms with van der Waals surface area (Å²) in [7, 11) is 0. The number of aryl methyl sites for hydroxylation is 2. The highest BCUT2D eigenvalue weighted by Crippen LogP contribution is 2.30. The molecule has 6 heteroatoms. The molecule has 0 unspecified atom stereocenters. The Morgan fingerprint density at radius 1 is 1.35 bits per heavy atom. The minimum Gasteiger partial charge on any atom is -0.616 e. The number of halogens is 2. The first-order valence-electron chi connectivity index (χ1n) is 5.31. The Morgan fingerprint density at radius 3 is 2.53 bits per heavy atom. The Morgan fingerprint density at radius 2 is 1.94 bits per heavy atom. The van der Waals surface area contributed by atoms with Crippen molar-refractivity contribution >= 4 is 45.2 Å². The van der Waals surface area contributed by atoms with Crippen molar-refractivity contribution in [2.45, 2.75) is 13.8 Å². The van der Waals surface area contributed by atoms with Gasteiger partial charge in [-0.15, -0.1) is 12.4 Å². The van der Waals surface area contributed by atoms with Crippen LogP contribution in [-0.2, 0) is 11.2 Å². The van der Waals surface area contributed by atoms with Gasteiger partial charge in [-0.25, -0.2) is 0 Å². The van der Waals surface area contributed by atoms with Gasteiger partial charge in [0.15, 0.2) is 0 Å². The molecule has 1 saturated heterocycles. The summed E-state index contributed by atoms with van der Waals surface area (Å²) in [4.78, 5) is 6.69. The van der Waals surface area contributed by atoms with E-state index in [1.165, 1.54) is 5.69 Å². The van der Waals surface area contributed by atoms with Crippen molar-refractivity contribution in [2.75, 3.05) is 29.5 Å². The summed E-state index contributed by atoms with van der Waals surface area (Å²) >= 11 is 2.96. The molecule has 0 radical (unpaired) electrons. The maximum absolute atomic E-state index is 11.3. The van der Waals surface area contributed by atoms with Crippen LogP contribution in [-0.4, -0.2) is 34.1 Å². The van der Waals surface area contributed by atoms with Gasteiger partial charge in [-0.05, 0) is 35.8 Å². The zero-order valence-electron chi connectivity index (χ0n) is 9.90. The molecule has 1 aromatic rings. The molecule has 1 aliphatic heterocycles. The van der Waals surface area contributed by atoms with Gasteiger partial charge < -0.3 is 9.45 Å². The van der Waals surface area contributed by atoms with E-state index in [2.05, 4.69) is 31.9 Å². The largest absolute Gasteiger partial charge is 0.616 e. The minimum atomic E-state index is -0.625. The smallest absolute Gasteiger partial charge is 0.123 e. The first-order valence-corrected chi connectivity index (χ1v) is 7.59. The SMILES string of the molecule is Cc1cc(N2CC[S+]([O-])CC2)c(Br)c(C)n1.Cl. The quantitative estimate of drug-likeness (QED) is 0.738. The molecule has 96 valence electrons. The molecule has 0 aromatic carbocycles. The van der Waals surface area contributed by atoms with Crippen molar-refractivity contribution in [3.8, 4) is 0 Å². The number of hydrogen-bond acceptors (Lipinski definition) is 3. The van der Waals surface area contributed by atoms with Gasteiger partial charge in [-0.3, -0.25) is 4.98 Å². The van der Waals surface area contributed by atoms with Crippen molar-refractivity contribution in [2.24, 2.45) is 0 Å². The number of hydrogen-bond donors (Lipinski definition) is 0. The Balaban J connectivity index is 0.00000144.